The molecule has 0 bridgehead atoms. The molecule has 1 aromatic heterocycles. The van der Waals surface area contributed by atoms with Gasteiger partial charge in [0.15, 0.2) is 0 Å². The summed E-state index contributed by atoms with van der Waals surface area (Å²) in [6, 6.07) is 3.94. The molecule has 0 aromatic carbocycles. The quantitative estimate of drug-likeness (QED) is 0.653. The van der Waals surface area contributed by atoms with Crippen molar-refractivity contribution in [2.75, 3.05) is 0 Å². The second-order valence-corrected chi connectivity index (χ2v) is 3.95. The smallest absolute Gasteiger partial charge is 0.0812 e. The topological polar surface area (TPSA) is 25.2 Å². The molecule has 2 heteroatoms. The lowest BCUT2D eigenvalue weighted by molar-refractivity contribution is 0.725. The van der Waals surface area contributed by atoms with E-state index in [-0.39, 0.29) is 0 Å². The summed E-state index contributed by atoms with van der Waals surface area (Å²) in [4.78, 5) is 8.65. The summed E-state index contributed by atoms with van der Waals surface area (Å²) in [6.45, 7) is 2.14. The zero-order valence-corrected chi connectivity index (χ0v) is 8.61. The van der Waals surface area contributed by atoms with E-state index in [1.165, 1.54) is 31.4 Å². The van der Waals surface area contributed by atoms with Crippen LogP contribution in [0.5, 0.6) is 0 Å². The van der Waals surface area contributed by atoms with E-state index < -0.39 is 0 Å². The molecule has 1 fully saturated rings. The van der Waals surface area contributed by atoms with Crippen molar-refractivity contribution in [2.45, 2.75) is 32.6 Å². The van der Waals surface area contributed by atoms with Crippen LogP contribution < -0.4 is 0 Å². The van der Waals surface area contributed by atoms with Crippen LogP contribution in [-0.2, 0) is 0 Å². The molecule has 0 saturated heterocycles. The first-order valence-corrected chi connectivity index (χ1v) is 5.31. The highest BCUT2D eigenvalue weighted by Gasteiger charge is 2.17. The number of hydrogen-bond donors (Lipinski definition) is 0. The fourth-order valence-corrected chi connectivity index (χ4v) is 2.06. The van der Waals surface area contributed by atoms with Crippen LogP contribution >= 0.6 is 0 Å². The molecule has 0 N–H and O–H groups in total. The zero-order valence-electron chi connectivity index (χ0n) is 8.61. The molecule has 1 aliphatic rings. The van der Waals surface area contributed by atoms with E-state index in [0.717, 1.165) is 11.6 Å². The summed E-state index contributed by atoms with van der Waals surface area (Å²) >= 11 is 0. The second-order valence-electron chi connectivity index (χ2n) is 3.95. The SMILES string of the molecule is CC(=Nc1cccnc1)C1CCCC1. The van der Waals surface area contributed by atoms with E-state index in [1.807, 2.05) is 18.3 Å². The van der Waals surface area contributed by atoms with Gasteiger partial charge in [-0.05, 0) is 37.8 Å². The summed E-state index contributed by atoms with van der Waals surface area (Å²) in [5.74, 6) is 0.718. The van der Waals surface area contributed by atoms with E-state index in [1.54, 1.807) is 6.20 Å². The third-order valence-electron chi connectivity index (χ3n) is 2.90. The van der Waals surface area contributed by atoms with Crippen LogP contribution in [0.2, 0.25) is 0 Å². The first kappa shape index (κ1) is 9.38. The van der Waals surface area contributed by atoms with Crippen LogP contribution in [-0.4, -0.2) is 10.7 Å². The van der Waals surface area contributed by atoms with E-state index in [9.17, 15) is 0 Å². The Labute approximate surface area is 85.1 Å². The Hall–Kier alpha value is -1.18. The Morgan fingerprint density at radius 2 is 2.21 bits per heavy atom. The number of nitrogens with zero attached hydrogens (tertiary/aromatic N) is 2. The van der Waals surface area contributed by atoms with Gasteiger partial charge in [-0.25, -0.2) is 0 Å². The molecule has 0 unspecified atom stereocenters. The van der Waals surface area contributed by atoms with Crippen LogP contribution in [0.4, 0.5) is 5.69 Å². The highest BCUT2D eigenvalue weighted by Crippen LogP contribution is 2.27. The van der Waals surface area contributed by atoms with Crippen LogP contribution in [0.1, 0.15) is 32.6 Å². The second kappa shape index (κ2) is 4.36. The Morgan fingerprint density at radius 3 is 2.86 bits per heavy atom. The van der Waals surface area contributed by atoms with Gasteiger partial charge >= 0.3 is 0 Å². The predicted octanol–water partition coefficient (Wildman–Crippen LogP) is 3.36. The van der Waals surface area contributed by atoms with Crippen molar-refractivity contribution < 1.29 is 0 Å². The summed E-state index contributed by atoms with van der Waals surface area (Å²) < 4.78 is 0. The van der Waals surface area contributed by atoms with Crippen LogP contribution in [0.25, 0.3) is 0 Å². The molecule has 0 atom stereocenters. The minimum atomic E-state index is 0.718. The van der Waals surface area contributed by atoms with Gasteiger partial charge < -0.3 is 0 Å². The molecular formula is C12H16N2. The van der Waals surface area contributed by atoms with Gasteiger partial charge in [-0.1, -0.05) is 12.8 Å². The molecule has 1 aliphatic carbocycles. The van der Waals surface area contributed by atoms with Crippen molar-refractivity contribution >= 4 is 11.4 Å². The number of pyridine rings is 1. The van der Waals surface area contributed by atoms with Crippen LogP contribution in [0, 0.1) is 5.92 Å². The maximum absolute atomic E-state index is 4.60. The van der Waals surface area contributed by atoms with Crippen molar-refractivity contribution in [1.29, 1.82) is 0 Å². The Morgan fingerprint density at radius 1 is 1.43 bits per heavy atom. The van der Waals surface area contributed by atoms with E-state index in [4.69, 9.17) is 0 Å². The molecule has 0 amide bonds. The minimum absolute atomic E-state index is 0.718. The molecule has 2 nitrogen and oxygen atoms in total. The van der Waals surface area contributed by atoms with Gasteiger partial charge in [0.2, 0.25) is 0 Å². The number of aliphatic imine (C=N–C) groups is 1. The Bertz CT molecular complexity index is 310. The van der Waals surface area contributed by atoms with Gasteiger partial charge in [0, 0.05) is 11.9 Å². The Balaban J connectivity index is 2.10. The summed E-state index contributed by atoms with van der Waals surface area (Å²) in [5, 5.41) is 0. The average molecular weight is 188 g/mol. The lowest BCUT2D eigenvalue weighted by atomic mass is 10.0. The monoisotopic (exact) mass is 188 g/mol. The molecule has 0 radical (unpaired) electrons. The van der Waals surface area contributed by atoms with E-state index in [2.05, 4.69) is 16.9 Å². The molecule has 0 aliphatic heterocycles. The largest absolute Gasteiger partial charge is 0.262 e. The van der Waals surface area contributed by atoms with E-state index >= 15 is 0 Å². The van der Waals surface area contributed by atoms with Crippen molar-refractivity contribution in [3.8, 4) is 0 Å². The molecule has 1 saturated carbocycles. The van der Waals surface area contributed by atoms with Gasteiger partial charge in [-0.15, -0.1) is 0 Å². The summed E-state index contributed by atoms with van der Waals surface area (Å²) in [6.07, 6.45) is 8.96. The van der Waals surface area contributed by atoms with Crippen molar-refractivity contribution in [2.24, 2.45) is 10.9 Å². The van der Waals surface area contributed by atoms with Crippen LogP contribution in [0.15, 0.2) is 29.5 Å². The fraction of sp³-hybridized carbons (Fsp3) is 0.500. The lowest BCUT2D eigenvalue weighted by Crippen LogP contribution is -2.05. The lowest BCUT2D eigenvalue weighted by Gasteiger charge is -2.07. The Kier molecular flexibility index (Phi) is 2.92. The third kappa shape index (κ3) is 2.19. The standard InChI is InChI=1S/C12H16N2/c1-10(11-5-2-3-6-11)14-12-7-4-8-13-9-12/h4,7-9,11H,2-3,5-6H2,1H3. The number of hydrogen-bond acceptors (Lipinski definition) is 2. The molecule has 2 rings (SSSR count). The van der Waals surface area contributed by atoms with Crippen LogP contribution in [0.3, 0.4) is 0 Å². The molecule has 74 valence electrons. The first-order valence-electron chi connectivity index (χ1n) is 5.31. The first-order chi connectivity index (χ1) is 6.86. The highest BCUT2D eigenvalue weighted by molar-refractivity contribution is 5.86. The van der Waals surface area contributed by atoms with Gasteiger partial charge in [0.1, 0.15) is 0 Å². The molecule has 1 aromatic rings. The van der Waals surface area contributed by atoms with Crippen molar-refractivity contribution in [1.82, 2.24) is 4.98 Å². The van der Waals surface area contributed by atoms with Crippen molar-refractivity contribution in [3.63, 3.8) is 0 Å². The predicted molar refractivity (Wildman–Crippen MR) is 59.0 cm³/mol. The zero-order chi connectivity index (χ0) is 9.80. The molecule has 14 heavy (non-hydrogen) atoms. The molecule has 0 spiro atoms. The van der Waals surface area contributed by atoms with Gasteiger partial charge in [0.25, 0.3) is 0 Å². The normalized spacial score (nSPS) is 18.8. The molecule has 1 heterocycles. The highest BCUT2D eigenvalue weighted by atomic mass is 14.8. The fourth-order valence-electron chi connectivity index (χ4n) is 2.06. The third-order valence-corrected chi connectivity index (χ3v) is 2.90. The van der Waals surface area contributed by atoms with Crippen molar-refractivity contribution in [3.05, 3.63) is 24.5 Å². The maximum Gasteiger partial charge on any atom is 0.0812 e. The summed E-state index contributed by atoms with van der Waals surface area (Å²) in [7, 11) is 0. The molecular weight excluding hydrogens is 172 g/mol. The maximum atomic E-state index is 4.60. The summed E-state index contributed by atoms with van der Waals surface area (Å²) in [5.41, 5.74) is 2.26. The van der Waals surface area contributed by atoms with Gasteiger partial charge in [-0.2, -0.15) is 0 Å². The minimum Gasteiger partial charge on any atom is -0.262 e. The number of rotatable bonds is 2. The van der Waals surface area contributed by atoms with Gasteiger partial charge in [0.05, 0.1) is 11.9 Å². The average Bonchev–Trinajstić information content (AvgIpc) is 2.72. The van der Waals surface area contributed by atoms with E-state index in [0.29, 0.717) is 0 Å². The number of aromatic nitrogens is 1. The van der Waals surface area contributed by atoms with Gasteiger partial charge in [-0.3, -0.25) is 9.98 Å².